The van der Waals surface area contributed by atoms with Gasteiger partial charge >= 0.3 is 6.03 Å². The van der Waals surface area contributed by atoms with E-state index in [9.17, 15) is 13.2 Å². The van der Waals surface area contributed by atoms with Gasteiger partial charge in [0.25, 0.3) is 0 Å². The number of benzene rings is 1. The van der Waals surface area contributed by atoms with Gasteiger partial charge in [0.2, 0.25) is 0 Å². The first-order chi connectivity index (χ1) is 11.4. The highest BCUT2D eigenvalue weighted by molar-refractivity contribution is 7.90. The van der Waals surface area contributed by atoms with Crippen LogP contribution in [0.1, 0.15) is 23.5 Å². The Bertz CT molecular complexity index is 761. The number of amides is 2. The fourth-order valence-corrected chi connectivity index (χ4v) is 5.79. The second-order valence-electron chi connectivity index (χ2n) is 7.64. The molecule has 2 amide bonds. The van der Waals surface area contributed by atoms with Crippen LogP contribution in [-0.4, -0.2) is 51.0 Å². The average molecular weight is 348 g/mol. The first-order valence-electron chi connectivity index (χ1n) is 8.70. The third-order valence-corrected chi connectivity index (χ3v) is 6.88. The standard InChI is InChI=1S/C18H24N2O3S/c1-24(22,23)11-12-6-7-20(10-12)18(21)19-9-16-15-8-13-4-2-3-5-14(13)17(15)16/h2-5,12,15-17H,6-11H2,1H3,(H,19,21). The van der Waals surface area contributed by atoms with Crippen molar-refractivity contribution in [3.05, 3.63) is 35.4 Å². The van der Waals surface area contributed by atoms with Gasteiger partial charge in [-0.3, -0.25) is 0 Å². The summed E-state index contributed by atoms with van der Waals surface area (Å²) in [6.07, 6.45) is 3.18. The zero-order chi connectivity index (χ0) is 16.9. The molecule has 5 nitrogen and oxygen atoms in total. The van der Waals surface area contributed by atoms with Gasteiger partial charge in [-0.15, -0.1) is 0 Å². The number of likely N-dealkylation sites (tertiary alicyclic amines) is 1. The van der Waals surface area contributed by atoms with Crippen LogP contribution >= 0.6 is 0 Å². The molecule has 6 heteroatoms. The van der Waals surface area contributed by atoms with Gasteiger partial charge in [0, 0.05) is 25.9 Å². The van der Waals surface area contributed by atoms with Crippen molar-refractivity contribution in [3.63, 3.8) is 0 Å². The Balaban J connectivity index is 1.26. The zero-order valence-corrected chi connectivity index (χ0v) is 14.8. The topological polar surface area (TPSA) is 66.5 Å². The van der Waals surface area contributed by atoms with Crippen LogP contribution in [0.2, 0.25) is 0 Å². The van der Waals surface area contributed by atoms with E-state index in [-0.39, 0.29) is 17.7 Å². The number of nitrogens with one attached hydrogen (secondary N) is 1. The van der Waals surface area contributed by atoms with Crippen LogP contribution < -0.4 is 5.32 Å². The van der Waals surface area contributed by atoms with Crippen molar-refractivity contribution >= 4 is 15.9 Å². The molecule has 24 heavy (non-hydrogen) atoms. The highest BCUT2D eigenvalue weighted by Gasteiger charge is 2.55. The molecule has 1 aromatic carbocycles. The van der Waals surface area contributed by atoms with Crippen molar-refractivity contribution in [1.82, 2.24) is 10.2 Å². The molecule has 0 bridgehead atoms. The van der Waals surface area contributed by atoms with E-state index in [1.165, 1.54) is 17.4 Å². The van der Waals surface area contributed by atoms with Crippen molar-refractivity contribution in [3.8, 4) is 0 Å². The fraction of sp³-hybridized carbons (Fsp3) is 0.611. The first kappa shape index (κ1) is 15.9. The number of rotatable bonds is 4. The van der Waals surface area contributed by atoms with Crippen LogP contribution in [0.3, 0.4) is 0 Å². The van der Waals surface area contributed by atoms with Gasteiger partial charge < -0.3 is 10.2 Å². The first-order valence-corrected chi connectivity index (χ1v) is 10.8. The summed E-state index contributed by atoms with van der Waals surface area (Å²) in [4.78, 5) is 14.1. The Morgan fingerprint density at radius 2 is 2.12 bits per heavy atom. The quantitative estimate of drug-likeness (QED) is 0.900. The number of fused-ring (bicyclic) bond motifs is 3. The number of nitrogens with zero attached hydrogens (tertiary/aromatic N) is 1. The molecule has 1 saturated carbocycles. The summed E-state index contributed by atoms with van der Waals surface area (Å²) in [7, 11) is -2.97. The maximum absolute atomic E-state index is 12.3. The van der Waals surface area contributed by atoms with Gasteiger partial charge in [-0.2, -0.15) is 0 Å². The molecule has 0 spiro atoms. The normalized spacial score (nSPS) is 30.8. The van der Waals surface area contributed by atoms with E-state index in [2.05, 4.69) is 29.6 Å². The number of hydrogen-bond acceptors (Lipinski definition) is 3. The Morgan fingerprint density at radius 1 is 1.33 bits per heavy atom. The molecular weight excluding hydrogens is 324 g/mol. The minimum Gasteiger partial charge on any atom is -0.338 e. The van der Waals surface area contributed by atoms with Crippen molar-refractivity contribution in [2.45, 2.75) is 18.8 Å². The molecule has 3 aliphatic rings. The number of hydrogen-bond donors (Lipinski definition) is 1. The molecule has 4 rings (SSSR count). The van der Waals surface area contributed by atoms with Crippen LogP contribution in [-0.2, 0) is 16.3 Å². The van der Waals surface area contributed by atoms with E-state index in [1.807, 2.05) is 0 Å². The van der Waals surface area contributed by atoms with Crippen LogP contribution in [0.4, 0.5) is 4.79 Å². The molecular formula is C18H24N2O3S. The number of carbonyl (C=O) groups is 1. The second kappa shape index (κ2) is 5.76. The SMILES string of the molecule is CS(=O)(=O)CC1CCN(C(=O)NCC2C3Cc4ccccc4C23)C1. The van der Waals surface area contributed by atoms with Gasteiger partial charge in [0.15, 0.2) is 0 Å². The minimum atomic E-state index is -2.97. The highest BCUT2D eigenvalue weighted by atomic mass is 32.2. The minimum absolute atomic E-state index is 0.0377. The Hall–Kier alpha value is -1.56. The number of carbonyl (C=O) groups excluding carboxylic acids is 1. The molecule has 2 aliphatic carbocycles. The zero-order valence-electron chi connectivity index (χ0n) is 13.9. The number of sulfone groups is 1. The largest absolute Gasteiger partial charge is 0.338 e. The summed E-state index contributed by atoms with van der Waals surface area (Å²) in [5, 5.41) is 3.07. The monoisotopic (exact) mass is 348 g/mol. The summed E-state index contributed by atoms with van der Waals surface area (Å²) in [6, 6.07) is 8.59. The van der Waals surface area contributed by atoms with Crippen molar-refractivity contribution < 1.29 is 13.2 Å². The van der Waals surface area contributed by atoms with Crippen LogP contribution in [0, 0.1) is 17.8 Å². The van der Waals surface area contributed by atoms with Crippen molar-refractivity contribution in [2.24, 2.45) is 17.8 Å². The molecule has 1 N–H and O–H groups in total. The van der Waals surface area contributed by atoms with Gasteiger partial charge in [-0.25, -0.2) is 13.2 Å². The molecule has 1 aromatic rings. The molecule has 4 unspecified atom stereocenters. The van der Waals surface area contributed by atoms with E-state index in [0.717, 1.165) is 19.4 Å². The molecule has 1 aliphatic heterocycles. The van der Waals surface area contributed by atoms with E-state index in [0.29, 0.717) is 30.8 Å². The maximum atomic E-state index is 12.3. The Morgan fingerprint density at radius 3 is 2.92 bits per heavy atom. The maximum Gasteiger partial charge on any atom is 0.317 e. The lowest BCUT2D eigenvalue weighted by Crippen LogP contribution is -2.40. The van der Waals surface area contributed by atoms with Crippen LogP contribution in [0.25, 0.3) is 0 Å². The second-order valence-corrected chi connectivity index (χ2v) is 9.82. The van der Waals surface area contributed by atoms with Gasteiger partial charge in [-0.05, 0) is 47.6 Å². The van der Waals surface area contributed by atoms with E-state index >= 15 is 0 Å². The van der Waals surface area contributed by atoms with E-state index in [1.54, 1.807) is 4.90 Å². The van der Waals surface area contributed by atoms with E-state index in [4.69, 9.17) is 0 Å². The molecule has 1 heterocycles. The Kier molecular flexibility index (Phi) is 3.82. The van der Waals surface area contributed by atoms with Gasteiger partial charge in [-0.1, -0.05) is 24.3 Å². The predicted octanol–water partition coefficient (Wildman–Crippen LogP) is 1.65. The summed E-state index contributed by atoms with van der Waals surface area (Å²) >= 11 is 0. The van der Waals surface area contributed by atoms with Gasteiger partial charge in [0.05, 0.1) is 5.75 Å². The number of urea groups is 1. The Labute approximate surface area is 143 Å². The van der Waals surface area contributed by atoms with Crippen LogP contribution in [0.5, 0.6) is 0 Å². The van der Waals surface area contributed by atoms with Crippen LogP contribution in [0.15, 0.2) is 24.3 Å². The lowest BCUT2D eigenvalue weighted by molar-refractivity contribution is 0.206. The van der Waals surface area contributed by atoms with Gasteiger partial charge in [0.1, 0.15) is 9.84 Å². The average Bonchev–Trinajstić information content (AvgIpc) is 2.85. The summed E-state index contributed by atoms with van der Waals surface area (Å²) in [5.74, 6) is 2.15. The summed E-state index contributed by atoms with van der Waals surface area (Å²) < 4.78 is 22.8. The lowest BCUT2D eigenvalue weighted by atomic mass is 10.0. The predicted molar refractivity (Wildman–Crippen MR) is 92.7 cm³/mol. The summed E-state index contributed by atoms with van der Waals surface area (Å²) in [6.45, 7) is 1.95. The van der Waals surface area contributed by atoms with Crippen molar-refractivity contribution in [1.29, 1.82) is 0 Å². The molecule has 1 saturated heterocycles. The third-order valence-electron chi connectivity index (χ3n) is 5.80. The fourth-order valence-electron chi connectivity index (χ4n) is 4.66. The highest BCUT2D eigenvalue weighted by Crippen LogP contribution is 2.60. The molecule has 2 fully saturated rings. The van der Waals surface area contributed by atoms with E-state index < -0.39 is 9.84 Å². The lowest BCUT2D eigenvalue weighted by Gasteiger charge is -2.18. The smallest absolute Gasteiger partial charge is 0.317 e. The third kappa shape index (κ3) is 3.04. The molecule has 0 radical (unpaired) electrons. The molecule has 0 aromatic heterocycles. The molecule has 4 atom stereocenters. The molecule has 130 valence electrons. The summed E-state index contributed by atoms with van der Waals surface area (Å²) in [5.41, 5.74) is 2.94. The van der Waals surface area contributed by atoms with Crippen molar-refractivity contribution in [2.75, 3.05) is 31.6 Å².